The first-order valence-electron chi connectivity index (χ1n) is 7.16. The fourth-order valence-electron chi connectivity index (χ4n) is 2.67. The van der Waals surface area contributed by atoms with Gasteiger partial charge in [-0.1, -0.05) is 12.1 Å². The molecule has 1 aromatic heterocycles. The zero-order chi connectivity index (χ0) is 13.8. The van der Waals surface area contributed by atoms with Crippen LogP contribution in [0.3, 0.4) is 0 Å². The number of nitrogens with zero attached hydrogens (tertiary/aromatic N) is 2. The summed E-state index contributed by atoms with van der Waals surface area (Å²) in [5, 5.41) is 2.16. The summed E-state index contributed by atoms with van der Waals surface area (Å²) in [6.07, 6.45) is 1.18. The monoisotopic (exact) mass is 287 g/mol. The Bertz CT molecular complexity index is 530. The molecule has 0 spiro atoms. The van der Waals surface area contributed by atoms with Crippen LogP contribution in [-0.4, -0.2) is 37.6 Å². The molecule has 1 aliphatic rings. The Morgan fingerprint density at radius 1 is 1.05 bits per heavy atom. The smallest absolute Gasteiger partial charge is 0.0387 e. The zero-order valence-corrected chi connectivity index (χ0v) is 12.5. The van der Waals surface area contributed by atoms with Crippen molar-refractivity contribution in [3.8, 4) is 0 Å². The summed E-state index contributed by atoms with van der Waals surface area (Å²) >= 11 is 1.86. The highest BCUT2D eigenvalue weighted by Gasteiger charge is 2.17. The first-order valence-corrected chi connectivity index (χ1v) is 8.04. The summed E-state index contributed by atoms with van der Waals surface area (Å²) in [7, 11) is 0. The molecule has 0 unspecified atom stereocenters. The fraction of sp³-hybridized carbons (Fsp3) is 0.375. The zero-order valence-electron chi connectivity index (χ0n) is 11.7. The lowest BCUT2D eigenvalue weighted by Crippen LogP contribution is -2.46. The van der Waals surface area contributed by atoms with Gasteiger partial charge in [-0.15, -0.1) is 11.3 Å². The number of hydrogen-bond donors (Lipinski definition) is 1. The maximum Gasteiger partial charge on any atom is 0.0387 e. The second kappa shape index (κ2) is 6.29. The maximum atomic E-state index is 5.86. The molecule has 0 bridgehead atoms. The van der Waals surface area contributed by atoms with Crippen LogP contribution in [0.4, 0.5) is 11.4 Å². The molecule has 2 aromatic rings. The summed E-state index contributed by atoms with van der Waals surface area (Å²) in [5.74, 6) is 0. The van der Waals surface area contributed by atoms with E-state index in [0.29, 0.717) is 0 Å². The van der Waals surface area contributed by atoms with Crippen LogP contribution in [0.15, 0.2) is 41.8 Å². The predicted octanol–water partition coefficient (Wildman–Crippen LogP) is 2.70. The highest BCUT2D eigenvalue weighted by atomic mass is 32.1. The van der Waals surface area contributed by atoms with Gasteiger partial charge < -0.3 is 10.6 Å². The van der Waals surface area contributed by atoms with Gasteiger partial charge >= 0.3 is 0 Å². The summed E-state index contributed by atoms with van der Waals surface area (Å²) in [6.45, 7) is 5.63. The van der Waals surface area contributed by atoms with Crippen molar-refractivity contribution in [3.63, 3.8) is 0 Å². The second-order valence-corrected chi connectivity index (χ2v) is 6.29. The number of rotatable bonds is 4. The van der Waals surface area contributed by atoms with E-state index in [2.05, 4.69) is 39.4 Å². The van der Waals surface area contributed by atoms with E-state index in [1.807, 2.05) is 23.5 Å². The van der Waals surface area contributed by atoms with Gasteiger partial charge in [0.15, 0.2) is 0 Å². The SMILES string of the molecule is Nc1cccc(N2CCN(CCc3cccs3)CC2)c1. The van der Waals surface area contributed by atoms with Gasteiger partial charge in [0, 0.05) is 49.0 Å². The molecule has 4 heteroatoms. The number of hydrogen-bond acceptors (Lipinski definition) is 4. The highest BCUT2D eigenvalue weighted by molar-refractivity contribution is 7.09. The fourth-order valence-corrected chi connectivity index (χ4v) is 3.37. The van der Waals surface area contributed by atoms with Gasteiger partial charge in [-0.05, 0) is 36.1 Å². The first kappa shape index (κ1) is 13.5. The molecule has 0 radical (unpaired) electrons. The van der Waals surface area contributed by atoms with Crippen molar-refractivity contribution in [2.24, 2.45) is 0 Å². The Balaban J connectivity index is 1.49. The van der Waals surface area contributed by atoms with Crippen molar-refractivity contribution in [1.82, 2.24) is 4.90 Å². The van der Waals surface area contributed by atoms with Crippen molar-refractivity contribution in [2.75, 3.05) is 43.4 Å². The van der Waals surface area contributed by atoms with Gasteiger partial charge in [-0.25, -0.2) is 0 Å². The lowest BCUT2D eigenvalue weighted by atomic mass is 10.2. The van der Waals surface area contributed by atoms with E-state index in [1.165, 1.54) is 23.5 Å². The predicted molar refractivity (Wildman–Crippen MR) is 87.5 cm³/mol. The van der Waals surface area contributed by atoms with Gasteiger partial charge in [-0.2, -0.15) is 0 Å². The summed E-state index contributed by atoms with van der Waals surface area (Å²) < 4.78 is 0. The van der Waals surface area contributed by atoms with Crippen molar-refractivity contribution in [2.45, 2.75) is 6.42 Å². The third-order valence-electron chi connectivity index (χ3n) is 3.86. The molecule has 3 nitrogen and oxygen atoms in total. The molecule has 20 heavy (non-hydrogen) atoms. The van der Waals surface area contributed by atoms with E-state index < -0.39 is 0 Å². The lowest BCUT2D eigenvalue weighted by Gasteiger charge is -2.36. The van der Waals surface area contributed by atoms with E-state index >= 15 is 0 Å². The highest BCUT2D eigenvalue weighted by Crippen LogP contribution is 2.19. The molecule has 1 fully saturated rings. The Hall–Kier alpha value is -1.52. The Labute approximate surface area is 124 Å². The average molecular weight is 287 g/mol. The molecule has 0 atom stereocenters. The van der Waals surface area contributed by atoms with E-state index in [-0.39, 0.29) is 0 Å². The van der Waals surface area contributed by atoms with E-state index in [9.17, 15) is 0 Å². The quantitative estimate of drug-likeness (QED) is 0.878. The first-order chi connectivity index (χ1) is 9.81. The molecule has 1 aliphatic heterocycles. The van der Waals surface area contributed by atoms with Crippen LogP contribution < -0.4 is 10.6 Å². The largest absolute Gasteiger partial charge is 0.399 e. The van der Waals surface area contributed by atoms with E-state index in [4.69, 9.17) is 5.73 Å². The van der Waals surface area contributed by atoms with Crippen LogP contribution >= 0.6 is 11.3 Å². The van der Waals surface area contributed by atoms with Crippen molar-refractivity contribution < 1.29 is 0 Å². The molecule has 1 saturated heterocycles. The van der Waals surface area contributed by atoms with Crippen molar-refractivity contribution in [3.05, 3.63) is 46.7 Å². The van der Waals surface area contributed by atoms with Crippen LogP contribution in [0.2, 0.25) is 0 Å². The summed E-state index contributed by atoms with van der Waals surface area (Å²) in [6, 6.07) is 12.6. The van der Waals surface area contributed by atoms with Crippen LogP contribution in [-0.2, 0) is 6.42 Å². The third-order valence-corrected chi connectivity index (χ3v) is 4.80. The molecule has 106 valence electrons. The molecule has 0 aliphatic carbocycles. The lowest BCUT2D eigenvalue weighted by molar-refractivity contribution is 0.261. The summed E-state index contributed by atoms with van der Waals surface area (Å²) in [5.41, 5.74) is 7.96. The minimum absolute atomic E-state index is 0.850. The molecular formula is C16H21N3S. The Morgan fingerprint density at radius 2 is 1.90 bits per heavy atom. The van der Waals surface area contributed by atoms with Crippen LogP contribution in [0, 0.1) is 0 Å². The van der Waals surface area contributed by atoms with Crippen molar-refractivity contribution in [1.29, 1.82) is 0 Å². The molecular weight excluding hydrogens is 266 g/mol. The van der Waals surface area contributed by atoms with E-state index in [0.717, 1.165) is 31.9 Å². The molecule has 0 amide bonds. The Morgan fingerprint density at radius 3 is 2.60 bits per heavy atom. The van der Waals surface area contributed by atoms with Crippen LogP contribution in [0.1, 0.15) is 4.88 Å². The van der Waals surface area contributed by atoms with Gasteiger partial charge in [-0.3, -0.25) is 4.90 Å². The number of nitrogen functional groups attached to an aromatic ring is 1. The molecule has 3 rings (SSSR count). The van der Waals surface area contributed by atoms with Gasteiger partial charge in [0.05, 0.1) is 0 Å². The van der Waals surface area contributed by atoms with Crippen molar-refractivity contribution >= 4 is 22.7 Å². The minimum Gasteiger partial charge on any atom is -0.399 e. The maximum absolute atomic E-state index is 5.86. The Kier molecular flexibility index (Phi) is 4.23. The molecule has 1 aromatic carbocycles. The average Bonchev–Trinajstić information content (AvgIpc) is 2.99. The third kappa shape index (κ3) is 3.32. The number of anilines is 2. The second-order valence-electron chi connectivity index (χ2n) is 5.25. The number of thiophene rings is 1. The van der Waals surface area contributed by atoms with Crippen LogP contribution in [0.25, 0.3) is 0 Å². The molecule has 2 heterocycles. The van der Waals surface area contributed by atoms with Crippen LogP contribution in [0.5, 0.6) is 0 Å². The number of nitrogens with two attached hydrogens (primary N) is 1. The normalized spacial score (nSPS) is 16.5. The van der Waals surface area contributed by atoms with E-state index in [1.54, 1.807) is 0 Å². The summed E-state index contributed by atoms with van der Waals surface area (Å²) in [4.78, 5) is 6.48. The van der Waals surface area contributed by atoms with Gasteiger partial charge in [0.25, 0.3) is 0 Å². The minimum atomic E-state index is 0.850. The number of piperazine rings is 1. The number of benzene rings is 1. The molecule has 2 N–H and O–H groups in total. The van der Waals surface area contributed by atoms with Gasteiger partial charge in [0.2, 0.25) is 0 Å². The molecule has 0 saturated carbocycles. The topological polar surface area (TPSA) is 32.5 Å². The van der Waals surface area contributed by atoms with Gasteiger partial charge in [0.1, 0.15) is 0 Å². The standard InChI is InChI=1S/C16H21N3S/c17-14-3-1-4-15(13-14)19-10-8-18(9-11-19)7-6-16-5-2-12-20-16/h1-5,12-13H,6-11,17H2.